The lowest BCUT2D eigenvalue weighted by Crippen LogP contribution is -2.25. The number of nitrogens with zero attached hydrogens (tertiary/aromatic N) is 2. The zero-order chi connectivity index (χ0) is 13.9. The van der Waals surface area contributed by atoms with E-state index < -0.39 is 0 Å². The second-order valence-corrected chi connectivity index (χ2v) is 6.46. The molecule has 4 rings (SSSR count). The zero-order valence-corrected chi connectivity index (χ0v) is 12.6. The first-order valence-corrected chi connectivity index (χ1v) is 7.56. The Morgan fingerprint density at radius 2 is 2.05 bits per heavy atom. The van der Waals surface area contributed by atoms with Crippen LogP contribution in [0.2, 0.25) is 0 Å². The van der Waals surface area contributed by atoms with Crippen LogP contribution in [0.4, 0.5) is 0 Å². The van der Waals surface area contributed by atoms with Gasteiger partial charge in [-0.2, -0.15) is 0 Å². The minimum atomic E-state index is 0.565. The van der Waals surface area contributed by atoms with Gasteiger partial charge in [-0.05, 0) is 49.9 Å². The summed E-state index contributed by atoms with van der Waals surface area (Å²) in [5.41, 5.74) is 2.32. The Bertz CT molecular complexity index is 769. The number of methoxy groups -OCH3 is 1. The van der Waals surface area contributed by atoms with Crippen LogP contribution in [-0.4, -0.2) is 36.1 Å². The van der Waals surface area contributed by atoms with Gasteiger partial charge in [-0.1, -0.05) is 0 Å². The van der Waals surface area contributed by atoms with Gasteiger partial charge in [0, 0.05) is 17.6 Å². The van der Waals surface area contributed by atoms with Crippen LogP contribution in [0.3, 0.4) is 0 Å². The summed E-state index contributed by atoms with van der Waals surface area (Å²) >= 11 is 1.78. The maximum Gasteiger partial charge on any atom is 0.124 e. The van der Waals surface area contributed by atoms with Gasteiger partial charge in [-0.15, -0.1) is 11.3 Å². The van der Waals surface area contributed by atoms with Crippen LogP contribution in [0.25, 0.3) is 22.7 Å². The average molecular weight is 284 g/mol. The number of aryl methyl sites for hydroxylation is 1. The molecule has 2 aromatic rings. The molecule has 1 saturated heterocycles. The van der Waals surface area contributed by atoms with Gasteiger partial charge in [0.1, 0.15) is 10.8 Å². The summed E-state index contributed by atoms with van der Waals surface area (Å²) < 4.78 is 6.62. The highest BCUT2D eigenvalue weighted by molar-refractivity contribution is 7.13. The molecule has 3 unspecified atom stereocenters. The largest absolute Gasteiger partial charge is 0.496 e. The van der Waals surface area contributed by atoms with E-state index >= 15 is 0 Å². The molecule has 0 bridgehead atoms. The third-order valence-electron chi connectivity index (χ3n) is 4.17. The molecular formula is C16H16N2OS. The normalized spacial score (nSPS) is 26.1. The highest BCUT2D eigenvalue weighted by atomic mass is 32.1. The number of fused-ring (bicyclic) bond motifs is 2. The van der Waals surface area contributed by atoms with Crippen molar-refractivity contribution < 1.29 is 4.74 Å². The van der Waals surface area contributed by atoms with E-state index in [9.17, 15) is 0 Å². The van der Waals surface area contributed by atoms with Crippen LogP contribution in [0.15, 0.2) is 18.2 Å². The molecule has 0 radical (unpaired) electrons. The lowest BCUT2D eigenvalue weighted by molar-refractivity contribution is 0.412. The quantitative estimate of drug-likeness (QED) is 0.779. The van der Waals surface area contributed by atoms with Crippen LogP contribution >= 0.6 is 11.3 Å². The Labute approximate surface area is 121 Å². The molecule has 4 heteroatoms. The van der Waals surface area contributed by atoms with Gasteiger partial charge in [0.2, 0.25) is 0 Å². The molecule has 3 nitrogen and oxygen atoms in total. The number of rotatable bonds is 2. The standard InChI is InChI=1S/C16H16N2OS/c1-9-6-10(4-5-14(9)19-3)16-17-11-7-12-13(18(12)2)8-15(11)20-16/h4-8,12-13H,1-3H3. The number of likely N-dealkylation sites (N-methyl/N-ethyl adjacent to an activating group) is 1. The van der Waals surface area contributed by atoms with Gasteiger partial charge in [0.25, 0.3) is 0 Å². The second kappa shape index (κ2) is 4.17. The van der Waals surface area contributed by atoms with E-state index in [0.717, 1.165) is 21.7 Å². The topological polar surface area (TPSA) is 25.1 Å². The SMILES string of the molecule is COc1ccc(-c2nc3c(s2)=CC2C(C=3)N2C)cc1C. The molecule has 0 spiro atoms. The highest BCUT2D eigenvalue weighted by Crippen LogP contribution is 2.30. The summed E-state index contributed by atoms with van der Waals surface area (Å²) in [6.45, 7) is 2.07. The molecule has 3 atom stereocenters. The lowest BCUT2D eigenvalue weighted by Gasteiger charge is -2.05. The smallest absolute Gasteiger partial charge is 0.124 e. The van der Waals surface area contributed by atoms with Crippen molar-refractivity contribution in [2.24, 2.45) is 0 Å². The number of ether oxygens (including phenoxy) is 1. The van der Waals surface area contributed by atoms with Crippen molar-refractivity contribution in [3.8, 4) is 16.3 Å². The molecule has 1 aliphatic carbocycles. The van der Waals surface area contributed by atoms with Crippen molar-refractivity contribution in [2.75, 3.05) is 14.2 Å². The molecular weight excluding hydrogens is 268 g/mol. The van der Waals surface area contributed by atoms with Crippen LogP contribution in [0.1, 0.15) is 5.56 Å². The molecule has 0 amide bonds. The highest BCUT2D eigenvalue weighted by Gasteiger charge is 2.42. The monoisotopic (exact) mass is 284 g/mol. The molecule has 0 N–H and O–H groups in total. The summed E-state index contributed by atoms with van der Waals surface area (Å²) in [5, 5.41) is 2.24. The van der Waals surface area contributed by atoms with Gasteiger partial charge >= 0.3 is 0 Å². The minimum absolute atomic E-state index is 0.565. The molecule has 102 valence electrons. The van der Waals surface area contributed by atoms with Gasteiger partial charge in [0.05, 0.1) is 17.0 Å². The van der Waals surface area contributed by atoms with E-state index in [4.69, 9.17) is 9.72 Å². The number of hydrogen-bond donors (Lipinski definition) is 0. The molecule has 2 heterocycles. The molecule has 1 aromatic heterocycles. The van der Waals surface area contributed by atoms with Crippen LogP contribution in [-0.2, 0) is 0 Å². The van der Waals surface area contributed by atoms with Crippen molar-refractivity contribution in [2.45, 2.75) is 19.0 Å². The molecule has 20 heavy (non-hydrogen) atoms. The predicted molar refractivity (Wildman–Crippen MR) is 82.4 cm³/mol. The van der Waals surface area contributed by atoms with Gasteiger partial charge in [-0.3, -0.25) is 4.90 Å². The zero-order valence-electron chi connectivity index (χ0n) is 11.8. The van der Waals surface area contributed by atoms with E-state index in [2.05, 4.69) is 43.2 Å². The number of benzene rings is 1. The first-order valence-electron chi connectivity index (χ1n) is 6.75. The van der Waals surface area contributed by atoms with Crippen LogP contribution in [0, 0.1) is 6.92 Å². The van der Waals surface area contributed by atoms with Crippen molar-refractivity contribution in [3.63, 3.8) is 0 Å². The fourth-order valence-electron chi connectivity index (χ4n) is 2.85. The summed E-state index contributed by atoms with van der Waals surface area (Å²) in [5.74, 6) is 0.927. The Hall–Kier alpha value is -1.65. The summed E-state index contributed by atoms with van der Waals surface area (Å²) in [6.07, 6.45) is 4.63. The van der Waals surface area contributed by atoms with Gasteiger partial charge in [-0.25, -0.2) is 4.98 Å². The second-order valence-electron chi connectivity index (χ2n) is 5.43. The van der Waals surface area contributed by atoms with E-state index in [1.807, 2.05) is 6.07 Å². The predicted octanol–water partition coefficient (Wildman–Crippen LogP) is 1.38. The van der Waals surface area contributed by atoms with Gasteiger partial charge in [0.15, 0.2) is 0 Å². The van der Waals surface area contributed by atoms with Gasteiger partial charge < -0.3 is 4.74 Å². The molecule has 1 aromatic carbocycles. The van der Waals surface area contributed by atoms with Crippen LogP contribution in [0.5, 0.6) is 5.75 Å². The van der Waals surface area contributed by atoms with Crippen molar-refractivity contribution in [1.29, 1.82) is 0 Å². The third kappa shape index (κ3) is 1.72. The first kappa shape index (κ1) is 12.1. The number of aromatic nitrogens is 1. The van der Waals surface area contributed by atoms with Crippen molar-refractivity contribution in [1.82, 2.24) is 9.88 Å². The number of hydrogen-bond acceptors (Lipinski definition) is 4. The molecule has 1 aliphatic heterocycles. The molecule has 1 fully saturated rings. The Kier molecular flexibility index (Phi) is 2.53. The lowest BCUT2D eigenvalue weighted by atomic mass is 10.1. The van der Waals surface area contributed by atoms with E-state index in [1.165, 1.54) is 10.1 Å². The maximum absolute atomic E-state index is 5.31. The van der Waals surface area contributed by atoms with Crippen LogP contribution < -0.4 is 14.6 Å². The fourth-order valence-corrected chi connectivity index (χ4v) is 3.88. The Morgan fingerprint density at radius 3 is 2.80 bits per heavy atom. The average Bonchev–Trinajstić information content (AvgIpc) is 2.89. The first-order chi connectivity index (χ1) is 9.67. The van der Waals surface area contributed by atoms with Crippen molar-refractivity contribution >= 4 is 23.5 Å². The summed E-state index contributed by atoms with van der Waals surface area (Å²) in [4.78, 5) is 7.15. The summed E-state index contributed by atoms with van der Waals surface area (Å²) in [6, 6.07) is 7.41. The number of thiazole rings is 1. The molecule has 0 saturated carbocycles. The van der Waals surface area contributed by atoms with E-state index in [1.54, 1.807) is 18.4 Å². The van der Waals surface area contributed by atoms with E-state index in [0.29, 0.717) is 12.1 Å². The molecule has 2 aliphatic rings. The third-order valence-corrected chi connectivity index (χ3v) is 5.26. The van der Waals surface area contributed by atoms with Crippen molar-refractivity contribution in [3.05, 3.63) is 33.6 Å². The fraction of sp³-hybridized carbons (Fsp3) is 0.312. The Balaban J connectivity index is 1.79. The van der Waals surface area contributed by atoms with E-state index in [-0.39, 0.29) is 0 Å². The summed E-state index contributed by atoms with van der Waals surface area (Å²) in [7, 11) is 3.86. The minimum Gasteiger partial charge on any atom is -0.496 e. The maximum atomic E-state index is 5.31. The Morgan fingerprint density at radius 1 is 1.25 bits per heavy atom.